The number of ether oxygens (including phenoxy) is 1. The maximum atomic E-state index is 13.8. The maximum absolute atomic E-state index is 13.8. The van der Waals surface area contributed by atoms with Crippen LogP contribution in [0, 0.1) is 5.82 Å². The number of rotatable bonds is 5. The van der Waals surface area contributed by atoms with Crippen molar-refractivity contribution in [3.8, 4) is 0 Å². The van der Waals surface area contributed by atoms with Crippen LogP contribution in [0.25, 0.3) is 0 Å². The van der Waals surface area contributed by atoms with E-state index < -0.39 is 44.3 Å². The number of nitrogens with one attached hydrogen (secondary N) is 1. The van der Waals surface area contributed by atoms with E-state index in [9.17, 15) is 22.4 Å². The van der Waals surface area contributed by atoms with E-state index in [-0.39, 0.29) is 6.04 Å². The third-order valence-electron chi connectivity index (χ3n) is 4.09. The number of carbonyl (C=O) groups is 2. The van der Waals surface area contributed by atoms with Gasteiger partial charge in [-0.1, -0.05) is 19.3 Å². The number of primary sulfonamides is 1. The summed E-state index contributed by atoms with van der Waals surface area (Å²) in [6, 6.07) is 2.59. The molecule has 1 amide bonds. The van der Waals surface area contributed by atoms with Gasteiger partial charge in [-0.3, -0.25) is 4.79 Å². The lowest BCUT2D eigenvalue weighted by molar-refractivity contribution is -0.130. The molecule has 0 aliphatic heterocycles. The Morgan fingerprint density at radius 2 is 1.92 bits per heavy atom. The standard InChI is InChI=1S/C16H21FN2O5S/c1-10(15(20)19-11-5-3-2-4-6-11)24-16(21)13-9-12(25(18,22)23)7-8-14(13)17/h7-11H,2-6H2,1H3,(H,19,20)(H2,18,22,23). The average Bonchev–Trinajstić information content (AvgIpc) is 2.54. The number of sulfonamides is 1. The van der Waals surface area contributed by atoms with Gasteiger partial charge in [-0.15, -0.1) is 0 Å². The van der Waals surface area contributed by atoms with E-state index >= 15 is 0 Å². The van der Waals surface area contributed by atoms with Crippen LogP contribution < -0.4 is 10.5 Å². The van der Waals surface area contributed by atoms with E-state index in [4.69, 9.17) is 9.88 Å². The van der Waals surface area contributed by atoms with Crippen molar-refractivity contribution in [3.05, 3.63) is 29.6 Å². The molecule has 2 rings (SSSR count). The van der Waals surface area contributed by atoms with Crippen LogP contribution in [0.1, 0.15) is 49.4 Å². The summed E-state index contributed by atoms with van der Waals surface area (Å²) in [7, 11) is -4.09. The van der Waals surface area contributed by atoms with Gasteiger partial charge in [0.2, 0.25) is 10.0 Å². The minimum atomic E-state index is -4.09. The zero-order chi connectivity index (χ0) is 18.6. The van der Waals surface area contributed by atoms with Crippen molar-refractivity contribution in [1.82, 2.24) is 5.32 Å². The number of hydrogen-bond donors (Lipinski definition) is 2. The largest absolute Gasteiger partial charge is 0.449 e. The minimum absolute atomic E-state index is 0.0462. The molecule has 0 bridgehead atoms. The molecule has 1 aliphatic rings. The van der Waals surface area contributed by atoms with Crippen molar-refractivity contribution in [2.75, 3.05) is 0 Å². The molecule has 1 atom stereocenters. The van der Waals surface area contributed by atoms with Crippen molar-refractivity contribution >= 4 is 21.9 Å². The van der Waals surface area contributed by atoms with E-state index in [2.05, 4.69) is 5.32 Å². The van der Waals surface area contributed by atoms with Gasteiger partial charge in [-0.2, -0.15) is 0 Å². The van der Waals surface area contributed by atoms with Crippen molar-refractivity contribution in [1.29, 1.82) is 0 Å². The number of hydrogen-bond acceptors (Lipinski definition) is 5. The Hall–Kier alpha value is -2.00. The summed E-state index contributed by atoms with van der Waals surface area (Å²) < 4.78 is 41.4. The molecule has 0 radical (unpaired) electrons. The number of halogens is 1. The fraction of sp³-hybridized carbons (Fsp3) is 0.500. The van der Waals surface area contributed by atoms with Crippen LogP contribution in [0.3, 0.4) is 0 Å². The Bertz CT molecular complexity index is 760. The molecule has 0 saturated heterocycles. The number of nitrogens with two attached hydrogens (primary N) is 1. The van der Waals surface area contributed by atoms with Crippen LogP contribution in [0.4, 0.5) is 4.39 Å². The molecule has 1 fully saturated rings. The second kappa shape index (κ2) is 7.92. The first-order valence-corrected chi connectivity index (χ1v) is 9.57. The first-order valence-electron chi connectivity index (χ1n) is 8.02. The lowest BCUT2D eigenvalue weighted by Crippen LogP contribution is -2.42. The molecule has 9 heteroatoms. The van der Waals surface area contributed by atoms with Crippen LogP contribution in [0.5, 0.6) is 0 Å². The first-order chi connectivity index (χ1) is 11.7. The van der Waals surface area contributed by atoms with Crippen LogP contribution in [-0.4, -0.2) is 32.4 Å². The smallest absolute Gasteiger partial charge is 0.341 e. The molecule has 138 valence electrons. The van der Waals surface area contributed by atoms with Crippen molar-refractivity contribution in [2.45, 2.75) is 56.1 Å². The summed E-state index contributed by atoms with van der Waals surface area (Å²) in [5.41, 5.74) is -0.594. The lowest BCUT2D eigenvalue weighted by atomic mass is 9.95. The van der Waals surface area contributed by atoms with Crippen LogP contribution >= 0.6 is 0 Å². The monoisotopic (exact) mass is 372 g/mol. The topological polar surface area (TPSA) is 116 Å². The molecule has 1 aromatic carbocycles. The summed E-state index contributed by atoms with van der Waals surface area (Å²) in [6.45, 7) is 1.37. The van der Waals surface area contributed by atoms with Gasteiger partial charge in [-0.25, -0.2) is 22.7 Å². The molecule has 7 nitrogen and oxygen atoms in total. The van der Waals surface area contributed by atoms with Crippen LogP contribution in [0.2, 0.25) is 0 Å². The minimum Gasteiger partial charge on any atom is -0.449 e. The highest BCUT2D eigenvalue weighted by Crippen LogP contribution is 2.18. The van der Waals surface area contributed by atoms with Gasteiger partial charge in [0.15, 0.2) is 6.10 Å². The quantitative estimate of drug-likeness (QED) is 0.759. The van der Waals surface area contributed by atoms with E-state index in [1.54, 1.807) is 0 Å². The van der Waals surface area contributed by atoms with E-state index in [1.807, 2.05) is 0 Å². The molecule has 0 aromatic heterocycles. The molecule has 1 saturated carbocycles. The molecule has 0 heterocycles. The highest BCUT2D eigenvalue weighted by atomic mass is 32.2. The lowest BCUT2D eigenvalue weighted by Gasteiger charge is -2.24. The van der Waals surface area contributed by atoms with Crippen LogP contribution in [-0.2, 0) is 19.6 Å². The van der Waals surface area contributed by atoms with E-state index in [0.29, 0.717) is 0 Å². The average molecular weight is 372 g/mol. The summed E-state index contributed by atoms with van der Waals surface area (Å²) in [6.07, 6.45) is 3.81. The second-order valence-corrected chi connectivity index (χ2v) is 7.64. The SMILES string of the molecule is CC(OC(=O)c1cc(S(N)(=O)=O)ccc1F)C(=O)NC1CCCCC1. The Morgan fingerprint density at radius 3 is 2.52 bits per heavy atom. The van der Waals surface area contributed by atoms with Crippen molar-refractivity contribution < 1.29 is 27.1 Å². The number of benzene rings is 1. The summed E-state index contributed by atoms with van der Waals surface area (Å²) in [5.74, 6) is -2.56. The zero-order valence-corrected chi connectivity index (χ0v) is 14.6. The molecule has 25 heavy (non-hydrogen) atoms. The summed E-state index contributed by atoms with van der Waals surface area (Å²) in [5, 5.41) is 7.76. The number of esters is 1. The molecule has 3 N–H and O–H groups in total. The summed E-state index contributed by atoms with van der Waals surface area (Å²) >= 11 is 0. The van der Waals surface area contributed by atoms with Gasteiger partial charge >= 0.3 is 5.97 Å². The highest BCUT2D eigenvalue weighted by Gasteiger charge is 2.25. The normalized spacial score (nSPS) is 16.9. The fourth-order valence-electron chi connectivity index (χ4n) is 2.68. The Balaban J connectivity index is 2.04. The Labute approximate surface area is 145 Å². The molecule has 1 aromatic rings. The van der Waals surface area contributed by atoms with Crippen molar-refractivity contribution in [2.24, 2.45) is 5.14 Å². The van der Waals surface area contributed by atoms with Gasteiger partial charge in [-0.05, 0) is 38.0 Å². The molecule has 0 spiro atoms. The number of amides is 1. The maximum Gasteiger partial charge on any atom is 0.341 e. The van der Waals surface area contributed by atoms with Gasteiger partial charge < -0.3 is 10.1 Å². The molecule has 1 aliphatic carbocycles. The van der Waals surface area contributed by atoms with Gasteiger partial charge in [0.1, 0.15) is 5.82 Å². The van der Waals surface area contributed by atoms with Gasteiger partial charge in [0.25, 0.3) is 5.91 Å². The first kappa shape index (κ1) is 19.3. The third kappa shape index (κ3) is 5.23. The number of carbonyl (C=O) groups excluding carboxylic acids is 2. The third-order valence-corrected chi connectivity index (χ3v) is 5.00. The molecular weight excluding hydrogens is 351 g/mol. The molecular formula is C16H21FN2O5S. The fourth-order valence-corrected chi connectivity index (χ4v) is 3.22. The zero-order valence-electron chi connectivity index (χ0n) is 13.8. The molecule has 1 unspecified atom stereocenters. The van der Waals surface area contributed by atoms with Gasteiger partial charge in [0.05, 0.1) is 10.5 Å². The second-order valence-electron chi connectivity index (χ2n) is 6.08. The highest BCUT2D eigenvalue weighted by molar-refractivity contribution is 7.89. The predicted molar refractivity (Wildman–Crippen MR) is 87.7 cm³/mol. The van der Waals surface area contributed by atoms with E-state index in [0.717, 1.165) is 50.3 Å². The Morgan fingerprint density at radius 1 is 1.28 bits per heavy atom. The predicted octanol–water partition coefficient (Wildman–Crippen LogP) is 1.47. The van der Waals surface area contributed by atoms with Crippen molar-refractivity contribution in [3.63, 3.8) is 0 Å². The van der Waals surface area contributed by atoms with Gasteiger partial charge in [0, 0.05) is 6.04 Å². The van der Waals surface area contributed by atoms with Crippen LogP contribution in [0.15, 0.2) is 23.1 Å². The summed E-state index contributed by atoms with van der Waals surface area (Å²) in [4.78, 5) is 23.7. The van der Waals surface area contributed by atoms with E-state index in [1.165, 1.54) is 6.92 Å². The Kier molecular flexibility index (Phi) is 6.12.